The molecule has 0 aliphatic heterocycles. The molecule has 3 heteroatoms. The summed E-state index contributed by atoms with van der Waals surface area (Å²) in [5.41, 5.74) is 3.91. The molecule has 0 bridgehead atoms. The number of carboxylic acids is 1. The Bertz CT molecular complexity index is 1240. The van der Waals surface area contributed by atoms with Crippen LogP contribution in [-0.4, -0.2) is 16.9 Å². The van der Waals surface area contributed by atoms with Gasteiger partial charge in [-0.25, -0.2) is 4.79 Å². The van der Waals surface area contributed by atoms with E-state index in [2.05, 4.69) is 26.0 Å². The molecule has 4 rings (SSSR count). The van der Waals surface area contributed by atoms with Crippen LogP contribution in [0.25, 0.3) is 21.5 Å². The minimum atomic E-state index is -0.959. The lowest BCUT2D eigenvalue weighted by molar-refractivity contribution is 0.0697. The standard InChI is InChI=1S/C24H18O3/c1-14-9-16-3-6-20(13-22(16)10-15(14)2)23(25)19-7-4-18-12-21(24(26)27)8-5-17(18)11-19/h3-13H,1-2H3,(H,26,27). The Labute approximate surface area is 156 Å². The average Bonchev–Trinajstić information content (AvgIpc) is 2.67. The quantitative estimate of drug-likeness (QED) is 0.492. The van der Waals surface area contributed by atoms with Crippen molar-refractivity contribution in [2.75, 3.05) is 0 Å². The Kier molecular flexibility index (Phi) is 4.00. The Hall–Kier alpha value is -3.46. The van der Waals surface area contributed by atoms with Crippen molar-refractivity contribution in [1.29, 1.82) is 0 Å². The number of hydrogen-bond donors (Lipinski definition) is 1. The topological polar surface area (TPSA) is 54.4 Å². The first-order valence-electron chi connectivity index (χ1n) is 8.75. The number of benzene rings is 4. The Morgan fingerprint density at radius 3 is 1.56 bits per heavy atom. The molecule has 0 fully saturated rings. The van der Waals surface area contributed by atoms with Crippen molar-refractivity contribution >= 4 is 33.3 Å². The monoisotopic (exact) mass is 354 g/mol. The maximum atomic E-state index is 13.0. The number of carbonyl (C=O) groups is 2. The van der Waals surface area contributed by atoms with Crippen LogP contribution in [0.15, 0.2) is 66.7 Å². The van der Waals surface area contributed by atoms with Gasteiger partial charge in [0.15, 0.2) is 5.78 Å². The third-order valence-corrected chi connectivity index (χ3v) is 5.06. The lowest BCUT2D eigenvalue weighted by atomic mass is 9.96. The van der Waals surface area contributed by atoms with Crippen LogP contribution in [-0.2, 0) is 0 Å². The lowest BCUT2D eigenvalue weighted by Crippen LogP contribution is -2.01. The summed E-state index contributed by atoms with van der Waals surface area (Å²) in [6, 6.07) is 20.3. The lowest BCUT2D eigenvalue weighted by Gasteiger charge is -2.08. The van der Waals surface area contributed by atoms with Gasteiger partial charge in [-0.05, 0) is 70.8 Å². The van der Waals surface area contributed by atoms with Gasteiger partial charge in [-0.3, -0.25) is 4.79 Å². The van der Waals surface area contributed by atoms with Crippen LogP contribution >= 0.6 is 0 Å². The summed E-state index contributed by atoms with van der Waals surface area (Å²) in [7, 11) is 0. The highest BCUT2D eigenvalue weighted by atomic mass is 16.4. The molecule has 0 aliphatic carbocycles. The molecule has 0 unspecified atom stereocenters. The van der Waals surface area contributed by atoms with E-state index >= 15 is 0 Å². The fourth-order valence-corrected chi connectivity index (χ4v) is 3.35. The van der Waals surface area contributed by atoms with E-state index in [9.17, 15) is 9.59 Å². The molecule has 1 N–H and O–H groups in total. The molecule has 4 aromatic carbocycles. The molecule has 27 heavy (non-hydrogen) atoms. The van der Waals surface area contributed by atoms with Crippen LogP contribution in [0.3, 0.4) is 0 Å². The first-order chi connectivity index (χ1) is 12.9. The molecular weight excluding hydrogens is 336 g/mol. The summed E-state index contributed by atoms with van der Waals surface area (Å²) in [6.07, 6.45) is 0. The second-order valence-electron chi connectivity index (χ2n) is 6.91. The fraction of sp³-hybridized carbons (Fsp3) is 0.0833. The van der Waals surface area contributed by atoms with Crippen LogP contribution in [0.1, 0.15) is 37.4 Å². The summed E-state index contributed by atoms with van der Waals surface area (Å²) < 4.78 is 0. The largest absolute Gasteiger partial charge is 0.478 e. The Morgan fingerprint density at radius 1 is 0.593 bits per heavy atom. The van der Waals surface area contributed by atoms with E-state index in [-0.39, 0.29) is 11.3 Å². The average molecular weight is 354 g/mol. The zero-order valence-corrected chi connectivity index (χ0v) is 15.1. The molecular formula is C24H18O3. The van der Waals surface area contributed by atoms with Crippen LogP contribution in [0.4, 0.5) is 0 Å². The van der Waals surface area contributed by atoms with E-state index in [1.807, 2.05) is 24.3 Å². The summed E-state index contributed by atoms with van der Waals surface area (Å²) in [6.45, 7) is 4.15. The number of aromatic carboxylic acids is 1. The normalized spacial score (nSPS) is 11.0. The second-order valence-corrected chi connectivity index (χ2v) is 6.91. The minimum Gasteiger partial charge on any atom is -0.478 e. The second kappa shape index (κ2) is 6.36. The maximum absolute atomic E-state index is 13.0. The van der Waals surface area contributed by atoms with Gasteiger partial charge in [0.2, 0.25) is 0 Å². The molecule has 0 saturated heterocycles. The predicted octanol–water partition coefficient (Wildman–Crippen LogP) is 5.54. The summed E-state index contributed by atoms with van der Waals surface area (Å²) in [5.74, 6) is -1.00. The van der Waals surface area contributed by atoms with Crippen LogP contribution in [0.5, 0.6) is 0 Å². The molecule has 3 nitrogen and oxygen atoms in total. The number of carbonyl (C=O) groups excluding carboxylic acids is 1. The minimum absolute atomic E-state index is 0.0423. The number of hydrogen-bond acceptors (Lipinski definition) is 2. The molecule has 0 amide bonds. The third kappa shape index (κ3) is 3.08. The molecule has 0 aliphatic rings. The van der Waals surface area contributed by atoms with Crippen molar-refractivity contribution in [1.82, 2.24) is 0 Å². The highest BCUT2D eigenvalue weighted by molar-refractivity contribution is 6.12. The summed E-state index contributed by atoms with van der Waals surface area (Å²) >= 11 is 0. The number of carboxylic acid groups (broad SMARTS) is 1. The van der Waals surface area contributed by atoms with Gasteiger partial charge in [-0.2, -0.15) is 0 Å². The van der Waals surface area contributed by atoms with Crippen LogP contribution < -0.4 is 0 Å². The number of ketones is 1. The fourth-order valence-electron chi connectivity index (χ4n) is 3.35. The van der Waals surface area contributed by atoms with E-state index in [4.69, 9.17) is 5.11 Å². The van der Waals surface area contributed by atoms with E-state index < -0.39 is 5.97 Å². The van der Waals surface area contributed by atoms with Crippen molar-refractivity contribution in [2.45, 2.75) is 13.8 Å². The zero-order valence-electron chi connectivity index (χ0n) is 15.1. The van der Waals surface area contributed by atoms with Gasteiger partial charge in [0.25, 0.3) is 0 Å². The number of rotatable bonds is 3. The summed E-state index contributed by atoms with van der Waals surface area (Å²) in [5, 5.41) is 12.9. The van der Waals surface area contributed by atoms with Gasteiger partial charge < -0.3 is 5.11 Å². The maximum Gasteiger partial charge on any atom is 0.335 e. The smallest absolute Gasteiger partial charge is 0.335 e. The van der Waals surface area contributed by atoms with Gasteiger partial charge in [0, 0.05) is 11.1 Å². The van der Waals surface area contributed by atoms with Crippen molar-refractivity contribution in [3.8, 4) is 0 Å². The van der Waals surface area contributed by atoms with Crippen LogP contribution in [0.2, 0.25) is 0 Å². The predicted molar refractivity (Wildman–Crippen MR) is 108 cm³/mol. The van der Waals surface area contributed by atoms with E-state index in [1.165, 1.54) is 11.1 Å². The van der Waals surface area contributed by atoms with E-state index in [0.29, 0.717) is 11.1 Å². The Balaban J connectivity index is 1.75. The molecule has 132 valence electrons. The zero-order chi connectivity index (χ0) is 19.1. The van der Waals surface area contributed by atoms with E-state index in [0.717, 1.165) is 21.5 Å². The SMILES string of the molecule is Cc1cc2ccc(C(=O)c3ccc4cc(C(=O)O)ccc4c3)cc2cc1C. The molecule has 0 atom stereocenters. The number of fused-ring (bicyclic) bond motifs is 2. The molecule has 0 heterocycles. The van der Waals surface area contributed by atoms with Crippen molar-refractivity contribution < 1.29 is 14.7 Å². The van der Waals surface area contributed by atoms with Gasteiger partial charge in [-0.15, -0.1) is 0 Å². The number of aryl methyl sites for hydroxylation is 2. The van der Waals surface area contributed by atoms with Crippen molar-refractivity contribution in [2.24, 2.45) is 0 Å². The first-order valence-corrected chi connectivity index (χ1v) is 8.75. The highest BCUT2D eigenvalue weighted by Crippen LogP contribution is 2.24. The molecule has 0 spiro atoms. The molecule has 4 aromatic rings. The van der Waals surface area contributed by atoms with Gasteiger partial charge in [0.05, 0.1) is 5.56 Å². The van der Waals surface area contributed by atoms with Crippen molar-refractivity contribution in [3.05, 3.63) is 94.5 Å². The van der Waals surface area contributed by atoms with E-state index in [1.54, 1.807) is 30.3 Å². The Morgan fingerprint density at radius 2 is 1.00 bits per heavy atom. The molecule has 0 saturated carbocycles. The van der Waals surface area contributed by atoms with Crippen molar-refractivity contribution in [3.63, 3.8) is 0 Å². The molecule has 0 aromatic heterocycles. The third-order valence-electron chi connectivity index (χ3n) is 5.06. The first kappa shape index (κ1) is 17.0. The highest BCUT2D eigenvalue weighted by Gasteiger charge is 2.12. The van der Waals surface area contributed by atoms with Gasteiger partial charge in [0.1, 0.15) is 0 Å². The van der Waals surface area contributed by atoms with Crippen LogP contribution in [0, 0.1) is 13.8 Å². The summed E-state index contributed by atoms with van der Waals surface area (Å²) in [4.78, 5) is 24.1. The molecule has 0 radical (unpaired) electrons. The van der Waals surface area contributed by atoms with Gasteiger partial charge >= 0.3 is 5.97 Å². The van der Waals surface area contributed by atoms with Gasteiger partial charge in [-0.1, -0.05) is 42.5 Å².